The Kier molecular flexibility index (Phi) is 8.41. The zero-order valence-electron chi connectivity index (χ0n) is 4.28. The van der Waals surface area contributed by atoms with Gasteiger partial charge in [0, 0.05) is 0 Å². The molecule has 0 aromatic rings. The second-order valence-electron chi connectivity index (χ2n) is 1.39. The van der Waals surface area contributed by atoms with E-state index in [1.807, 2.05) is 0 Å². The molecule has 0 heterocycles. The first kappa shape index (κ1) is 9.14. The third-order valence-corrected chi connectivity index (χ3v) is 0. The average molecular weight is 64.1 g/mol. The summed E-state index contributed by atoms with van der Waals surface area (Å²) in [4.78, 5) is 0. The quantitative estimate of drug-likeness (QED) is 0.237. The van der Waals surface area contributed by atoms with Crippen molar-refractivity contribution in [3.05, 3.63) is 6.92 Å². The van der Waals surface area contributed by atoms with Crippen molar-refractivity contribution in [3.8, 4) is 0 Å². The summed E-state index contributed by atoms with van der Waals surface area (Å²) in [6.45, 7) is 7.75. The summed E-state index contributed by atoms with van der Waals surface area (Å²) < 4.78 is 0. The van der Waals surface area contributed by atoms with Crippen LogP contribution in [0.2, 0.25) is 0 Å². The van der Waals surface area contributed by atoms with Gasteiger partial charge in [-0.05, 0) is 0 Å². The Hall–Kier alpha value is 0.597. The van der Waals surface area contributed by atoms with E-state index in [0.29, 0.717) is 5.92 Å². The molecular weight excluding hydrogens is 55.0 g/mol. The van der Waals surface area contributed by atoms with Gasteiger partial charge in [0.05, 0.1) is 0 Å². The van der Waals surface area contributed by atoms with Crippen LogP contribution in [-0.2, 0) is 0 Å². The summed E-state index contributed by atoms with van der Waals surface area (Å²) in [7, 11) is 0. The van der Waals surface area contributed by atoms with Crippen molar-refractivity contribution in [3.63, 3.8) is 0 Å². The van der Waals surface area contributed by atoms with E-state index in [9.17, 15) is 0 Å². The summed E-state index contributed by atoms with van der Waals surface area (Å²) in [5, 5.41) is 0. The first-order chi connectivity index (χ1) is 1.73. The summed E-state index contributed by atoms with van der Waals surface area (Å²) in [6.07, 6.45) is 0. The van der Waals surface area contributed by atoms with Crippen molar-refractivity contribution in [1.82, 2.24) is 0 Å². The fourth-order valence-electron chi connectivity index (χ4n) is 0. The van der Waals surface area contributed by atoms with Crippen LogP contribution in [0.5, 0.6) is 0 Å². The van der Waals surface area contributed by atoms with Gasteiger partial charge in [-0.3, -0.25) is 0 Å². The van der Waals surface area contributed by atoms with Gasteiger partial charge in [-0.15, -0.1) is 0 Å². The zero-order valence-corrected chi connectivity index (χ0v) is 4.28. The standard InChI is InChI=1S/C4H9.Li/c1-4(2)3;/h4H,1H2,2-3H3;/q-1;+1. The Morgan fingerprint density at radius 2 is 1.40 bits per heavy atom. The molecular formula is C4H9Li. The summed E-state index contributed by atoms with van der Waals surface area (Å²) >= 11 is 0. The van der Waals surface area contributed by atoms with Gasteiger partial charge in [0.25, 0.3) is 0 Å². The third kappa shape index (κ3) is 86.9. The van der Waals surface area contributed by atoms with Crippen LogP contribution >= 0.6 is 0 Å². The molecule has 0 amide bonds. The van der Waals surface area contributed by atoms with Crippen LogP contribution in [0.1, 0.15) is 13.8 Å². The summed E-state index contributed by atoms with van der Waals surface area (Å²) in [5.41, 5.74) is 0. The summed E-state index contributed by atoms with van der Waals surface area (Å²) in [5.74, 6) is 0.583. The molecule has 0 aromatic heterocycles. The molecule has 0 saturated heterocycles. The summed E-state index contributed by atoms with van der Waals surface area (Å²) in [6, 6.07) is 0. The molecule has 0 N–H and O–H groups in total. The van der Waals surface area contributed by atoms with Crippen molar-refractivity contribution >= 4 is 0 Å². The smallest absolute Gasteiger partial charge is 0.341 e. The van der Waals surface area contributed by atoms with E-state index < -0.39 is 0 Å². The number of hydrogen-bond acceptors (Lipinski definition) is 0. The minimum absolute atomic E-state index is 0. The van der Waals surface area contributed by atoms with E-state index in [4.69, 9.17) is 0 Å². The molecule has 0 fully saturated rings. The van der Waals surface area contributed by atoms with Crippen molar-refractivity contribution in [2.45, 2.75) is 13.8 Å². The molecule has 1 heteroatoms. The van der Waals surface area contributed by atoms with E-state index in [1.165, 1.54) is 0 Å². The SMILES string of the molecule is [CH2-]C(C)C.[Li+]. The van der Waals surface area contributed by atoms with Crippen LogP contribution < -0.4 is 18.9 Å². The van der Waals surface area contributed by atoms with Crippen LogP contribution in [0.25, 0.3) is 0 Å². The molecule has 0 aliphatic carbocycles. The van der Waals surface area contributed by atoms with Gasteiger partial charge in [-0.2, -0.15) is 5.92 Å². The Bertz CT molecular complexity index is 8.36. The van der Waals surface area contributed by atoms with E-state index in [1.54, 1.807) is 0 Å². The van der Waals surface area contributed by atoms with Crippen molar-refractivity contribution in [1.29, 1.82) is 0 Å². The number of hydrogen-bond donors (Lipinski definition) is 0. The van der Waals surface area contributed by atoms with E-state index >= 15 is 0 Å². The van der Waals surface area contributed by atoms with Crippen LogP contribution in [0.3, 0.4) is 0 Å². The fourth-order valence-corrected chi connectivity index (χ4v) is 0. The van der Waals surface area contributed by atoms with Gasteiger partial charge in [-0.1, -0.05) is 13.8 Å². The predicted molar refractivity (Wildman–Crippen MR) is 20.2 cm³/mol. The number of rotatable bonds is 0. The molecule has 0 nitrogen and oxygen atoms in total. The maximum atomic E-state index is 3.64. The monoisotopic (exact) mass is 64.1 g/mol. The third-order valence-electron chi connectivity index (χ3n) is 0. The predicted octanol–water partition coefficient (Wildman–Crippen LogP) is -1.52. The molecule has 0 atom stereocenters. The molecule has 0 rings (SSSR count). The zero-order chi connectivity index (χ0) is 3.58. The molecule has 0 aliphatic heterocycles. The van der Waals surface area contributed by atoms with E-state index in [-0.39, 0.29) is 18.9 Å². The van der Waals surface area contributed by atoms with Crippen LogP contribution in [0.4, 0.5) is 0 Å². The van der Waals surface area contributed by atoms with Gasteiger partial charge in [-0.25, -0.2) is 0 Å². The molecule has 0 saturated carbocycles. The van der Waals surface area contributed by atoms with Crippen molar-refractivity contribution < 1.29 is 18.9 Å². The molecule has 0 aliphatic rings. The van der Waals surface area contributed by atoms with Crippen molar-refractivity contribution in [2.24, 2.45) is 5.92 Å². The van der Waals surface area contributed by atoms with Gasteiger partial charge >= 0.3 is 18.9 Å². The molecule has 26 valence electrons. The van der Waals surface area contributed by atoms with Crippen LogP contribution in [0.15, 0.2) is 0 Å². The first-order valence-corrected chi connectivity index (χ1v) is 1.56. The molecule has 0 bridgehead atoms. The van der Waals surface area contributed by atoms with E-state index in [0.717, 1.165) is 0 Å². The molecule has 0 spiro atoms. The Morgan fingerprint density at radius 1 is 1.40 bits per heavy atom. The van der Waals surface area contributed by atoms with E-state index in [2.05, 4.69) is 20.8 Å². The Morgan fingerprint density at radius 3 is 1.40 bits per heavy atom. The topological polar surface area (TPSA) is 0 Å². The Balaban J connectivity index is 0. The minimum Gasteiger partial charge on any atom is -0.341 e. The van der Waals surface area contributed by atoms with Gasteiger partial charge < -0.3 is 6.92 Å². The average Bonchev–Trinajstić information content (AvgIpc) is 0.811. The van der Waals surface area contributed by atoms with Crippen molar-refractivity contribution in [2.75, 3.05) is 0 Å². The molecule has 0 radical (unpaired) electrons. The first-order valence-electron chi connectivity index (χ1n) is 1.56. The van der Waals surface area contributed by atoms with Gasteiger partial charge in [0.1, 0.15) is 0 Å². The molecule has 0 aromatic carbocycles. The normalized spacial score (nSPS) is 7.20. The molecule has 0 unspecified atom stereocenters. The van der Waals surface area contributed by atoms with Crippen LogP contribution in [-0.4, -0.2) is 0 Å². The second-order valence-corrected chi connectivity index (χ2v) is 1.39. The largest absolute Gasteiger partial charge is 1.00 e. The Labute approximate surface area is 46.1 Å². The van der Waals surface area contributed by atoms with Gasteiger partial charge in [0.15, 0.2) is 0 Å². The maximum absolute atomic E-state index is 3.64. The minimum atomic E-state index is 0. The molecule has 5 heavy (non-hydrogen) atoms. The maximum Gasteiger partial charge on any atom is 1.00 e. The van der Waals surface area contributed by atoms with Gasteiger partial charge in [0.2, 0.25) is 0 Å². The van der Waals surface area contributed by atoms with Crippen LogP contribution in [0, 0.1) is 12.8 Å². The second kappa shape index (κ2) is 4.60. The fraction of sp³-hybridized carbons (Fsp3) is 0.750.